The van der Waals surface area contributed by atoms with Crippen LogP contribution < -0.4 is 10.6 Å². The molecule has 2 heterocycles. The minimum absolute atomic E-state index is 0.278. The zero-order valence-electron chi connectivity index (χ0n) is 9.64. The Labute approximate surface area is 109 Å². The summed E-state index contributed by atoms with van der Waals surface area (Å²) in [7, 11) is 1.71. The first-order chi connectivity index (χ1) is 8.70. The average molecular weight is 263 g/mol. The van der Waals surface area contributed by atoms with E-state index >= 15 is 0 Å². The molecule has 2 aromatic rings. The number of aromatic nitrogens is 2. The highest BCUT2D eigenvalue weighted by Gasteiger charge is 2.09. The van der Waals surface area contributed by atoms with E-state index in [1.807, 2.05) is 0 Å². The van der Waals surface area contributed by atoms with Gasteiger partial charge >= 0.3 is 0 Å². The second kappa shape index (κ2) is 5.46. The molecule has 0 aromatic carbocycles. The Morgan fingerprint density at radius 3 is 2.83 bits per heavy atom. The van der Waals surface area contributed by atoms with Crippen molar-refractivity contribution < 1.29 is 4.79 Å². The normalized spacial score (nSPS) is 9.89. The summed E-state index contributed by atoms with van der Waals surface area (Å²) in [5, 5.41) is 5.93. The molecule has 1 amide bonds. The molecule has 92 valence electrons. The third-order valence-electron chi connectivity index (χ3n) is 2.26. The van der Waals surface area contributed by atoms with Crippen LogP contribution in [0.4, 0.5) is 11.5 Å². The lowest BCUT2D eigenvalue weighted by Gasteiger charge is -2.06. The molecular formula is C12H11ClN4O. The lowest BCUT2D eigenvalue weighted by Crippen LogP contribution is -2.12. The molecule has 0 aliphatic carbocycles. The Balaban J connectivity index is 2.17. The van der Waals surface area contributed by atoms with Crippen LogP contribution in [0.15, 0.2) is 36.8 Å². The maximum atomic E-state index is 11.9. The Morgan fingerprint density at radius 2 is 2.22 bits per heavy atom. The van der Waals surface area contributed by atoms with Crippen LogP contribution in [0, 0.1) is 0 Å². The molecule has 0 saturated heterocycles. The van der Waals surface area contributed by atoms with Gasteiger partial charge in [-0.25, -0.2) is 4.98 Å². The number of carbonyl (C=O) groups excluding carboxylic acids is 1. The Hall–Kier alpha value is -2.14. The van der Waals surface area contributed by atoms with Gasteiger partial charge in [0, 0.05) is 19.4 Å². The number of hydrogen-bond donors (Lipinski definition) is 2. The van der Waals surface area contributed by atoms with Crippen LogP contribution in [0.2, 0.25) is 5.02 Å². The number of rotatable bonds is 3. The van der Waals surface area contributed by atoms with Crippen LogP contribution in [-0.2, 0) is 0 Å². The van der Waals surface area contributed by atoms with E-state index < -0.39 is 0 Å². The van der Waals surface area contributed by atoms with Gasteiger partial charge in [0.25, 0.3) is 5.91 Å². The standard InChI is InChI=1S/C12H11ClN4O/c1-14-11-10(13)5-8(6-16-11)12(18)17-9-3-2-4-15-7-9/h2-7H,1H3,(H,14,16)(H,17,18). The Bertz CT molecular complexity index is 559. The van der Waals surface area contributed by atoms with Gasteiger partial charge in [-0.05, 0) is 18.2 Å². The molecule has 0 aliphatic rings. The molecule has 0 fully saturated rings. The van der Waals surface area contributed by atoms with Crippen LogP contribution in [0.3, 0.4) is 0 Å². The van der Waals surface area contributed by atoms with Crippen LogP contribution in [0.5, 0.6) is 0 Å². The summed E-state index contributed by atoms with van der Waals surface area (Å²) in [5.74, 6) is 0.259. The fraction of sp³-hybridized carbons (Fsp3) is 0.0833. The van der Waals surface area contributed by atoms with E-state index in [1.165, 1.54) is 6.20 Å². The maximum absolute atomic E-state index is 11.9. The molecular weight excluding hydrogens is 252 g/mol. The van der Waals surface area contributed by atoms with Gasteiger partial charge in [-0.1, -0.05) is 11.6 Å². The highest BCUT2D eigenvalue weighted by molar-refractivity contribution is 6.33. The third kappa shape index (κ3) is 2.75. The van der Waals surface area contributed by atoms with E-state index in [0.29, 0.717) is 22.1 Å². The molecule has 6 heteroatoms. The van der Waals surface area contributed by atoms with Crippen LogP contribution in [0.1, 0.15) is 10.4 Å². The summed E-state index contributed by atoms with van der Waals surface area (Å²) in [6.45, 7) is 0. The predicted molar refractivity (Wildman–Crippen MR) is 71.0 cm³/mol. The van der Waals surface area contributed by atoms with E-state index in [0.717, 1.165) is 0 Å². The fourth-order valence-corrected chi connectivity index (χ4v) is 1.65. The van der Waals surface area contributed by atoms with Crippen molar-refractivity contribution in [3.8, 4) is 0 Å². The summed E-state index contributed by atoms with van der Waals surface area (Å²) >= 11 is 5.96. The van der Waals surface area contributed by atoms with Gasteiger partial charge in [0.05, 0.1) is 22.5 Å². The Morgan fingerprint density at radius 1 is 1.39 bits per heavy atom. The van der Waals surface area contributed by atoms with Gasteiger partial charge in [-0.3, -0.25) is 9.78 Å². The Kier molecular flexibility index (Phi) is 3.74. The molecule has 5 nitrogen and oxygen atoms in total. The molecule has 0 spiro atoms. The molecule has 0 saturated carbocycles. The predicted octanol–water partition coefficient (Wildman–Crippen LogP) is 2.42. The van der Waals surface area contributed by atoms with E-state index in [-0.39, 0.29) is 5.91 Å². The topological polar surface area (TPSA) is 66.9 Å². The van der Waals surface area contributed by atoms with Crippen LogP contribution in [-0.4, -0.2) is 22.9 Å². The summed E-state index contributed by atoms with van der Waals surface area (Å²) < 4.78 is 0. The van der Waals surface area contributed by atoms with Crippen LogP contribution in [0.25, 0.3) is 0 Å². The molecule has 0 unspecified atom stereocenters. The SMILES string of the molecule is CNc1ncc(C(=O)Nc2cccnc2)cc1Cl. The lowest BCUT2D eigenvalue weighted by atomic mass is 10.2. The van der Waals surface area contributed by atoms with Crippen molar-refractivity contribution in [1.29, 1.82) is 0 Å². The number of nitrogens with zero attached hydrogens (tertiary/aromatic N) is 2. The molecule has 0 aliphatic heterocycles. The minimum atomic E-state index is -0.278. The third-order valence-corrected chi connectivity index (χ3v) is 2.55. The van der Waals surface area contributed by atoms with Crippen LogP contribution >= 0.6 is 11.6 Å². The zero-order chi connectivity index (χ0) is 13.0. The molecule has 0 bridgehead atoms. The van der Waals surface area contributed by atoms with Crippen molar-refractivity contribution in [2.45, 2.75) is 0 Å². The summed E-state index contributed by atoms with van der Waals surface area (Å²) in [6.07, 6.45) is 4.66. The zero-order valence-corrected chi connectivity index (χ0v) is 10.4. The fourth-order valence-electron chi connectivity index (χ4n) is 1.39. The maximum Gasteiger partial charge on any atom is 0.257 e. The largest absolute Gasteiger partial charge is 0.372 e. The molecule has 2 N–H and O–H groups in total. The van der Waals surface area contributed by atoms with E-state index in [4.69, 9.17) is 11.6 Å². The van der Waals surface area contributed by atoms with Gasteiger partial charge in [0.2, 0.25) is 0 Å². The van der Waals surface area contributed by atoms with E-state index in [1.54, 1.807) is 37.6 Å². The number of amides is 1. The summed E-state index contributed by atoms with van der Waals surface area (Å²) in [5.41, 5.74) is 1.01. The molecule has 0 radical (unpaired) electrons. The smallest absolute Gasteiger partial charge is 0.257 e. The first-order valence-corrected chi connectivity index (χ1v) is 5.63. The van der Waals surface area contributed by atoms with E-state index in [9.17, 15) is 4.79 Å². The number of halogens is 1. The quantitative estimate of drug-likeness (QED) is 0.892. The van der Waals surface area contributed by atoms with Gasteiger partial charge < -0.3 is 10.6 Å². The molecule has 2 rings (SSSR count). The van der Waals surface area contributed by atoms with Gasteiger partial charge in [0.1, 0.15) is 5.82 Å². The summed E-state index contributed by atoms with van der Waals surface area (Å²) in [6, 6.07) is 5.05. The first kappa shape index (κ1) is 12.3. The highest BCUT2D eigenvalue weighted by atomic mass is 35.5. The van der Waals surface area contributed by atoms with Crippen molar-refractivity contribution >= 4 is 29.0 Å². The molecule has 18 heavy (non-hydrogen) atoms. The van der Waals surface area contributed by atoms with Gasteiger partial charge in [-0.15, -0.1) is 0 Å². The minimum Gasteiger partial charge on any atom is -0.372 e. The first-order valence-electron chi connectivity index (χ1n) is 5.25. The second-order valence-electron chi connectivity index (χ2n) is 3.50. The van der Waals surface area contributed by atoms with Crippen molar-refractivity contribution in [1.82, 2.24) is 9.97 Å². The van der Waals surface area contributed by atoms with E-state index in [2.05, 4.69) is 20.6 Å². The lowest BCUT2D eigenvalue weighted by molar-refractivity contribution is 0.102. The van der Waals surface area contributed by atoms with Crippen molar-refractivity contribution in [3.63, 3.8) is 0 Å². The number of carbonyl (C=O) groups is 1. The van der Waals surface area contributed by atoms with Gasteiger partial charge in [0.15, 0.2) is 0 Å². The second-order valence-corrected chi connectivity index (χ2v) is 3.91. The number of anilines is 2. The monoisotopic (exact) mass is 262 g/mol. The number of hydrogen-bond acceptors (Lipinski definition) is 4. The number of nitrogens with one attached hydrogen (secondary N) is 2. The van der Waals surface area contributed by atoms with Crippen molar-refractivity contribution in [2.75, 3.05) is 17.7 Å². The molecule has 0 atom stereocenters. The van der Waals surface area contributed by atoms with Crippen molar-refractivity contribution in [3.05, 3.63) is 47.4 Å². The van der Waals surface area contributed by atoms with Crippen molar-refractivity contribution in [2.24, 2.45) is 0 Å². The number of pyridine rings is 2. The molecule has 2 aromatic heterocycles. The van der Waals surface area contributed by atoms with Gasteiger partial charge in [-0.2, -0.15) is 0 Å². The summed E-state index contributed by atoms with van der Waals surface area (Å²) in [4.78, 5) is 19.9. The highest BCUT2D eigenvalue weighted by Crippen LogP contribution is 2.19. The average Bonchev–Trinajstić information content (AvgIpc) is 2.39.